The number of benzene rings is 1. The van der Waals surface area contributed by atoms with Gasteiger partial charge in [-0.25, -0.2) is 8.78 Å². The number of ether oxygens (including phenoxy) is 1. The van der Waals surface area contributed by atoms with Crippen molar-refractivity contribution in [3.63, 3.8) is 0 Å². The van der Waals surface area contributed by atoms with Gasteiger partial charge in [0.15, 0.2) is 0 Å². The van der Waals surface area contributed by atoms with Crippen molar-refractivity contribution in [2.45, 2.75) is 13.0 Å². The van der Waals surface area contributed by atoms with E-state index < -0.39 is 11.6 Å². The zero-order valence-corrected chi connectivity index (χ0v) is 13.7. The Morgan fingerprint density at radius 2 is 1.74 bits per heavy atom. The zero-order chi connectivity index (χ0) is 16.2. The van der Waals surface area contributed by atoms with Gasteiger partial charge in [-0.05, 0) is 19.1 Å². The Bertz CT molecular complexity index is 515. The highest BCUT2D eigenvalue weighted by molar-refractivity contribution is 5.48. The topological polar surface area (TPSA) is 19.0 Å². The fourth-order valence-corrected chi connectivity index (χ4v) is 3.42. The van der Waals surface area contributed by atoms with Crippen molar-refractivity contribution in [2.75, 3.05) is 63.9 Å². The number of morpholine rings is 1. The highest BCUT2D eigenvalue weighted by atomic mass is 19.1. The van der Waals surface area contributed by atoms with Gasteiger partial charge in [0.05, 0.1) is 18.9 Å². The summed E-state index contributed by atoms with van der Waals surface area (Å²) >= 11 is 0. The van der Waals surface area contributed by atoms with Crippen molar-refractivity contribution in [1.82, 2.24) is 9.80 Å². The summed E-state index contributed by atoms with van der Waals surface area (Å²) in [7, 11) is 0. The second kappa shape index (κ2) is 7.55. The van der Waals surface area contributed by atoms with Crippen molar-refractivity contribution in [2.24, 2.45) is 0 Å². The predicted octanol–water partition coefficient (Wildman–Crippen LogP) is 1.81. The smallest absolute Gasteiger partial charge is 0.149 e. The summed E-state index contributed by atoms with van der Waals surface area (Å²) < 4.78 is 32.3. The van der Waals surface area contributed by atoms with Gasteiger partial charge in [0.2, 0.25) is 0 Å². The molecular formula is C17H25F2N3O. The van der Waals surface area contributed by atoms with Crippen LogP contribution in [0.25, 0.3) is 0 Å². The molecule has 0 bridgehead atoms. The first-order chi connectivity index (χ1) is 11.1. The van der Waals surface area contributed by atoms with Crippen molar-refractivity contribution < 1.29 is 13.5 Å². The monoisotopic (exact) mass is 325 g/mol. The molecule has 0 N–H and O–H groups in total. The number of hydrogen-bond acceptors (Lipinski definition) is 4. The highest BCUT2D eigenvalue weighted by Crippen LogP contribution is 2.21. The van der Waals surface area contributed by atoms with Crippen LogP contribution in [0.15, 0.2) is 18.2 Å². The zero-order valence-electron chi connectivity index (χ0n) is 13.7. The Hall–Kier alpha value is -1.24. The molecule has 2 heterocycles. The van der Waals surface area contributed by atoms with Crippen molar-refractivity contribution >= 4 is 5.69 Å². The van der Waals surface area contributed by atoms with Gasteiger partial charge < -0.3 is 9.64 Å². The molecule has 1 aromatic carbocycles. The molecule has 2 aliphatic heterocycles. The molecule has 0 spiro atoms. The quantitative estimate of drug-likeness (QED) is 0.840. The number of halogens is 2. The first-order valence-electron chi connectivity index (χ1n) is 8.37. The molecule has 0 aliphatic carbocycles. The fraction of sp³-hybridized carbons (Fsp3) is 0.647. The van der Waals surface area contributed by atoms with E-state index in [-0.39, 0.29) is 0 Å². The molecule has 128 valence electrons. The Balaban J connectivity index is 1.50. The lowest BCUT2D eigenvalue weighted by atomic mass is 10.2. The molecule has 23 heavy (non-hydrogen) atoms. The SMILES string of the molecule is CC(CN1CCN(c2ccc(F)cc2F)CC1)N1CCOCC1. The van der Waals surface area contributed by atoms with Gasteiger partial charge in [-0.15, -0.1) is 0 Å². The third-order valence-electron chi connectivity index (χ3n) is 4.81. The second-order valence-electron chi connectivity index (χ2n) is 6.38. The average Bonchev–Trinajstić information content (AvgIpc) is 2.57. The van der Waals surface area contributed by atoms with Crippen LogP contribution in [-0.2, 0) is 4.74 Å². The van der Waals surface area contributed by atoms with E-state index >= 15 is 0 Å². The Kier molecular flexibility index (Phi) is 5.46. The van der Waals surface area contributed by atoms with Crippen LogP contribution in [0.4, 0.5) is 14.5 Å². The second-order valence-corrected chi connectivity index (χ2v) is 6.38. The summed E-state index contributed by atoms with van der Waals surface area (Å²) in [5, 5.41) is 0. The van der Waals surface area contributed by atoms with Gasteiger partial charge in [0, 0.05) is 57.9 Å². The van der Waals surface area contributed by atoms with Crippen molar-refractivity contribution in [3.8, 4) is 0 Å². The lowest BCUT2D eigenvalue weighted by Gasteiger charge is -2.40. The summed E-state index contributed by atoms with van der Waals surface area (Å²) in [6.45, 7) is 10.3. The minimum absolute atomic E-state index is 0.472. The molecule has 0 amide bonds. The molecular weight excluding hydrogens is 300 g/mol. The lowest BCUT2D eigenvalue weighted by Crippen LogP contribution is -2.52. The van der Waals surface area contributed by atoms with E-state index in [4.69, 9.17) is 4.74 Å². The highest BCUT2D eigenvalue weighted by Gasteiger charge is 2.23. The van der Waals surface area contributed by atoms with Crippen LogP contribution in [0.3, 0.4) is 0 Å². The van der Waals surface area contributed by atoms with Crippen LogP contribution in [0.1, 0.15) is 6.92 Å². The van der Waals surface area contributed by atoms with E-state index in [1.807, 2.05) is 4.90 Å². The number of piperazine rings is 1. The van der Waals surface area contributed by atoms with Gasteiger partial charge in [-0.2, -0.15) is 0 Å². The molecule has 6 heteroatoms. The van der Waals surface area contributed by atoms with Gasteiger partial charge in [0.25, 0.3) is 0 Å². The first-order valence-corrected chi connectivity index (χ1v) is 8.37. The van der Waals surface area contributed by atoms with E-state index in [2.05, 4.69) is 16.7 Å². The standard InChI is InChI=1S/C17H25F2N3O/c1-14(21-8-10-23-11-9-21)13-20-4-6-22(7-5-20)17-3-2-15(18)12-16(17)19/h2-3,12,14H,4-11,13H2,1H3. The molecule has 2 aliphatic rings. The van der Waals surface area contributed by atoms with Crippen LogP contribution in [0.2, 0.25) is 0 Å². The molecule has 4 nitrogen and oxygen atoms in total. The van der Waals surface area contributed by atoms with E-state index in [9.17, 15) is 8.78 Å². The van der Waals surface area contributed by atoms with E-state index in [1.165, 1.54) is 12.1 Å². The Labute approximate surface area is 136 Å². The Morgan fingerprint density at radius 3 is 2.39 bits per heavy atom. The van der Waals surface area contributed by atoms with E-state index in [0.29, 0.717) is 11.7 Å². The van der Waals surface area contributed by atoms with Gasteiger partial charge in [0.1, 0.15) is 11.6 Å². The first kappa shape index (κ1) is 16.6. The number of hydrogen-bond donors (Lipinski definition) is 0. The fourth-order valence-electron chi connectivity index (χ4n) is 3.42. The molecule has 0 saturated carbocycles. The molecule has 3 rings (SSSR count). The maximum Gasteiger partial charge on any atom is 0.149 e. The van der Waals surface area contributed by atoms with Gasteiger partial charge >= 0.3 is 0 Å². The molecule has 1 atom stereocenters. The molecule has 2 fully saturated rings. The number of anilines is 1. The number of rotatable bonds is 4. The largest absolute Gasteiger partial charge is 0.379 e. The molecule has 1 unspecified atom stereocenters. The minimum Gasteiger partial charge on any atom is -0.379 e. The van der Waals surface area contributed by atoms with E-state index in [1.54, 1.807) is 0 Å². The van der Waals surface area contributed by atoms with Crippen molar-refractivity contribution in [3.05, 3.63) is 29.8 Å². The molecule has 1 aromatic rings. The summed E-state index contributed by atoms with van der Waals surface area (Å²) in [4.78, 5) is 6.90. The summed E-state index contributed by atoms with van der Waals surface area (Å²) in [5.41, 5.74) is 0.507. The lowest BCUT2D eigenvalue weighted by molar-refractivity contribution is 0.0121. The normalized spacial score (nSPS) is 22.3. The van der Waals surface area contributed by atoms with Crippen LogP contribution in [0.5, 0.6) is 0 Å². The third-order valence-corrected chi connectivity index (χ3v) is 4.81. The third kappa shape index (κ3) is 4.19. The minimum atomic E-state index is -0.524. The van der Waals surface area contributed by atoms with Crippen LogP contribution in [0, 0.1) is 11.6 Å². The van der Waals surface area contributed by atoms with E-state index in [0.717, 1.165) is 65.1 Å². The predicted molar refractivity (Wildman–Crippen MR) is 86.9 cm³/mol. The van der Waals surface area contributed by atoms with Crippen LogP contribution < -0.4 is 4.90 Å². The van der Waals surface area contributed by atoms with Gasteiger partial charge in [-0.3, -0.25) is 9.80 Å². The molecule has 0 aromatic heterocycles. The summed E-state index contributed by atoms with van der Waals surface area (Å²) in [6.07, 6.45) is 0. The van der Waals surface area contributed by atoms with Crippen LogP contribution >= 0.6 is 0 Å². The molecule has 2 saturated heterocycles. The molecule has 0 radical (unpaired) electrons. The maximum atomic E-state index is 13.9. The number of nitrogens with zero attached hydrogens (tertiary/aromatic N) is 3. The van der Waals surface area contributed by atoms with Crippen molar-refractivity contribution in [1.29, 1.82) is 0 Å². The summed E-state index contributed by atoms with van der Waals surface area (Å²) in [5.74, 6) is -0.996. The Morgan fingerprint density at radius 1 is 1.04 bits per heavy atom. The maximum absolute atomic E-state index is 13.9. The average molecular weight is 325 g/mol. The van der Waals surface area contributed by atoms with Gasteiger partial charge in [-0.1, -0.05) is 0 Å². The van der Waals surface area contributed by atoms with Crippen LogP contribution in [-0.4, -0.2) is 74.9 Å². The summed E-state index contributed by atoms with van der Waals surface area (Å²) in [6, 6.07) is 4.33.